The molecule has 4 heteroatoms. The molecule has 1 aromatic heterocycles. The zero-order valence-corrected chi connectivity index (χ0v) is 11.8. The van der Waals surface area contributed by atoms with Gasteiger partial charge in [-0.05, 0) is 30.1 Å². The lowest BCUT2D eigenvalue weighted by Gasteiger charge is -2.39. The maximum absolute atomic E-state index is 8.96. The van der Waals surface area contributed by atoms with E-state index in [9.17, 15) is 0 Å². The number of anilines is 1. The van der Waals surface area contributed by atoms with E-state index in [4.69, 9.17) is 5.26 Å². The molecule has 2 fully saturated rings. The lowest BCUT2D eigenvalue weighted by atomic mass is 9.65. The molecule has 2 atom stereocenters. The third kappa shape index (κ3) is 2.18. The van der Waals surface area contributed by atoms with E-state index < -0.39 is 0 Å². The van der Waals surface area contributed by atoms with Crippen molar-refractivity contribution in [3.05, 3.63) is 18.1 Å². The maximum atomic E-state index is 8.96. The SMILES string of the molecule is CC1(C)CC2CC(C)(CN2c2cncc(C#N)n2)C1. The highest BCUT2D eigenvalue weighted by Gasteiger charge is 2.49. The minimum atomic E-state index is 0.372. The molecule has 4 nitrogen and oxygen atoms in total. The smallest absolute Gasteiger partial charge is 0.161 e. The predicted octanol–water partition coefficient (Wildman–Crippen LogP) is 2.75. The number of aromatic nitrogens is 2. The number of nitriles is 1. The molecule has 2 bridgehead atoms. The second kappa shape index (κ2) is 3.93. The molecule has 0 spiro atoms. The van der Waals surface area contributed by atoms with Crippen molar-refractivity contribution in [2.75, 3.05) is 11.4 Å². The molecule has 19 heavy (non-hydrogen) atoms. The highest BCUT2D eigenvalue weighted by Crippen LogP contribution is 2.53. The summed E-state index contributed by atoms with van der Waals surface area (Å²) in [5.74, 6) is 0.866. The van der Waals surface area contributed by atoms with Crippen LogP contribution in [-0.4, -0.2) is 22.6 Å². The fraction of sp³-hybridized carbons (Fsp3) is 0.667. The highest BCUT2D eigenvalue weighted by molar-refractivity contribution is 5.43. The first-order valence-electron chi connectivity index (χ1n) is 6.90. The third-order valence-corrected chi connectivity index (χ3v) is 4.45. The predicted molar refractivity (Wildman–Crippen MR) is 73.6 cm³/mol. The summed E-state index contributed by atoms with van der Waals surface area (Å²) in [5.41, 5.74) is 1.17. The number of hydrogen-bond acceptors (Lipinski definition) is 4. The van der Waals surface area contributed by atoms with Gasteiger partial charge < -0.3 is 4.90 Å². The summed E-state index contributed by atoms with van der Waals surface area (Å²) < 4.78 is 0. The van der Waals surface area contributed by atoms with E-state index in [1.165, 1.54) is 25.5 Å². The van der Waals surface area contributed by atoms with Crippen LogP contribution in [0.15, 0.2) is 12.4 Å². The monoisotopic (exact) mass is 256 g/mol. The van der Waals surface area contributed by atoms with Gasteiger partial charge in [-0.1, -0.05) is 20.8 Å². The summed E-state index contributed by atoms with van der Waals surface area (Å²) >= 11 is 0. The minimum absolute atomic E-state index is 0.372. The van der Waals surface area contributed by atoms with Crippen molar-refractivity contribution in [2.24, 2.45) is 10.8 Å². The first-order chi connectivity index (χ1) is 8.91. The van der Waals surface area contributed by atoms with Gasteiger partial charge in [0.15, 0.2) is 5.69 Å². The Labute approximate surface area is 114 Å². The van der Waals surface area contributed by atoms with Crippen molar-refractivity contribution in [3.63, 3.8) is 0 Å². The largest absolute Gasteiger partial charge is 0.352 e. The molecule has 0 aromatic carbocycles. The molecule has 3 rings (SSSR count). The van der Waals surface area contributed by atoms with Crippen molar-refractivity contribution in [1.82, 2.24) is 9.97 Å². The normalized spacial score (nSPS) is 32.1. The molecular weight excluding hydrogens is 236 g/mol. The Balaban J connectivity index is 1.93. The van der Waals surface area contributed by atoms with Gasteiger partial charge in [-0.25, -0.2) is 4.98 Å². The Bertz CT molecular complexity index is 545. The van der Waals surface area contributed by atoms with Crippen LogP contribution in [0.1, 0.15) is 45.7 Å². The van der Waals surface area contributed by atoms with Gasteiger partial charge in [-0.15, -0.1) is 0 Å². The lowest BCUT2D eigenvalue weighted by molar-refractivity contribution is 0.136. The average Bonchev–Trinajstić information content (AvgIpc) is 2.59. The maximum Gasteiger partial charge on any atom is 0.161 e. The fourth-order valence-corrected chi connectivity index (χ4v) is 4.28. The van der Waals surface area contributed by atoms with Crippen LogP contribution in [0.25, 0.3) is 0 Å². The number of hydrogen-bond donors (Lipinski definition) is 0. The first kappa shape index (κ1) is 12.4. The quantitative estimate of drug-likeness (QED) is 0.775. The van der Waals surface area contributed by atoms with Gasteiger partial charge in [0.1, 0.15) is 11.9 Å². The number of rotatable bonds is 1. The average molecular weight is 256 g/mol. The van der Waals surface area contributed by atoms with Crippen LogP contribution in [0.2, 0.25) is 0 Å². The summed E-state index contributed by atoms with van der Waals surface area (Å²) in [6, 6.07) is 2.61. The lowest BCUT2D eigenvalue weighted by Crippen LogP contribution is -2.35. The Morgan fingerprint density at radius 2 is 2.11 bits per heavy atom. The Morgan fingerprint density at radius 3 is 2.84 bits per heavy atom. The van der Waals surface area contributed by atoms with Crippen LogP contribution in [0.5, 0.6) is 0 Å². The second-order valence-corrected chi connectivity index (χ2v) is 7.22. The summed E-state index contributed by atoms with van der Waals surface area (Å²) in [5, 5.41) is 8.96. The van der Waals surface area contributed by atoms with Crippen molar-refractivity contribution in [2.45, 2.75) is 46.1 Å². The van der Waals surface area contributed by atoms with Gasteiger partial charge in [0, 0.05) is 12.6 Å². The van der Waals surface area contributed by atoms with E-state index >= 15 is 0 Å². The molecule has 1 saturated carbocycles. The molecule has 1 aliphatic carbocycles. The van der Waals surface area contributed by atoms with Crippen molar-refractivity contribution < 1.29 is 0 Å². The van der Waals surface area contributed by atoms with Crippen molar-refractivity contribution >= 4 is 5.82 Å². The molecule has 1 aliphatic heterocycles. The van der Waals surface area contributed by atoms with Gasteiger partial charge in [-0.2, -0.15) is 5.26 Å². The summed E-state index contributed by atoms with van der Waals surface area (Å²) in [6.45, 7) is 8.13. The number of nitrogens with zero attached hydrogens (tertiary/aromatic N) is 4. The van der Waals surface area contributed by atoms with Crippen LogP contribution < -0.4 is 4.90 Å². The van der Waals surface area contributed by atoms with E-state index in [2.05, 4.69) is 41.7 Å². The van der Waals surface area contributed by atoms with Gasteiger partial charge in [-0.3, -0.25) is 4.98 Å². The molecule has 0 N–H and O–H groups in total. The van der Waals surface area contributed by atoms with E-state index in [1.807, 2.05) is 0 Å². The summed E-state index contributed by atoms with van der Waals surface area (Å²) in [7, 11) is 0. The van der Waals surface area contributed by atoms with Gasteiger partial charge >= 0.3 is 0 Å². The Hall–Kier alpha value is -1.63. The van der Waals surface area contributed by atoms with Gasteiger partial charge in [0.05, 0.1) is 12.4 Å². The van der Waals surface area contributed by atoms with Crippen LogP contribution in [0.3, 0.4) is 0 Å². The van der Waals surface area contributed by atoms with E-state index in [1.54, 1.807) is 6.20 Å². The zero-order chi connectivity index (χ0) is 13.7. The van der Waals surface area contributed by atoms with Gasteiger partial charge in [0.2, 0.25) is 0 Å². The highest BCUT2D eigenvalue weighted by atomic mass is 15.3. The third-order valence-electron chi connectivity index (χ3n) is 4.45. The minimum Gasteiger partial charge on any atom is -0.352 e. The Kier molecular flexibility index (Phi) is 2.57. The summed E-state index contributed by atoms with van der Waals surface area (Å²) in [4.78, 5) is 10.9. The summed E-state index contributed by atoms with van der Waals surface area (Å²) in [6.07, 6.45) is 7.00. The molecule has 2 heterocycles. The molecular formula is C15H20N4. The van der Waals surface area contributed by atoms with Crippen LogP contribution in [0.4, 0.5) is 5.82 Å². The molecule has 2 aliphatic rings. The molecule has 1 aromatic rings. The van der Waals surface area contributed by atoms with Crippen LogP contribution >= 0.6 is 0 Å². The van der Waals surface area contributed by atoms with E-state index in [-0.39, 0.29) is 0 Å². The van der Waals surface area contributed by atoms with Crippen LogP contribution in [0, 0.1) is 22.2 Å². The number of fused-ring (bicyclic) bond motifs is 2. The Morgan fingerprint density at radius 1 is 1.32 bits per heavy atom. The second-order valence-electron chi connectivity index (χ2n) is 7.22. The van der Waals surface area contributed by atoms with E-state index in [0.717, 1.165) is 12.4 Å². The van der Waals surface area contributed by atoms with Gasteiger partial charge in [0.25, 0.3) is 0 Å². The first-order valence-corrected chi connectivity index (χ1v) is 6.90. The van der Waals surface area contributed by atoms with Crippen molar-refractivity contribution in [1.29, 1.82) is 5.26 Å². The van der Waals surface area contributed by atoms with Crippen LogP contribution in [-0.2, 0) is 0 Å². The molecule has 100 valence electrons. The van der Waals surface area contributed by atoms with E-state index in [0.29, 0.717) is 22.6 Å². The zero-order valence-electron chi connectivity index (χ0n) is 11.8. The standard InChI is InChI=1S/C15H20N4/c1-14(2)4-12-5-15(3,9-14)10-19(12)13-8-17-7-11(6-16)18-13/h7-8,12H,4-5,9-10H2,1-3H3. The topological polar surface area (TPSA) is 52.8 Å². The molecule has 0 amide bonds. The molecule has 1 saturated heterocycles. The molecule has 0 radical (unpaired) electrons. The molecule has 2 unspecified atom stereocenters. The van der Waals surface area contributed by atoms with Crippen molar-refractivity contribution in [3.8, 4) is 6.07 Å². The fourth-order valence-electron chi connectivity index (χ4n) is 4.28.